The highest BCUT2D eigenvalue weighted by Crippen LogP contribution is 2.37. The Morgan fingerprint density at radius 1 is 1.27 bits per heavy atom. The summed E-state index contributed by atoms with van der Waals surface area (Å²) in [6, 6.07) is 2.24. The zero-order valence-electron chi connectivity index (χ0n) is 9.91. The maximum Gasteiger partial charge on any atom is 0.0419 e. The van der Waals surface area contributed by atoms with Crippen molar-refractivity contribution in [3.63, 3.8) is 0 Å². The summed E-state index contributed by atoms with van der Waals surface area (Å²) in [7, 11) is 1.99. The summed E-state index contributed by atoms with van der Waals surface area (Å²) in [6.07, 6.45) is 3.60. The van der Waals surface area contributed by atoms with Crippen molar-refractivity contribution in [1.29, 1.82) is 0 Å². The van der Waals surface area contributed by atoms with Crippen LogP contribution >= 0.6 is 0 Å². The fourth-order valence-electron chi connectivity index (χ4n) is 2.50. The van der Waals surface area contributed by atoms with Crippen LogP contribution in [0.1, 0.15) is 35.1 Å². The molecule has 0 amide bonds. The molecule has 15 heavy (non-hydrogen) atoms. The zero-order valence-corrected chi connectivity index (χ0v) is 9.91. The normalized spacial score (nSPS) is 15.0. The van der Waals surface area contributed by atoms with Crippen molar-refractivity contribution in [2.24, 2.45) is 0 Å². The highest BCUT2D eigenvalue weighted by atomic mass is 14.8. The third kappa shape index (κ3) is 1.56. The summed E-state index contributed by atoms with van der Waals surface area (Å²) in [6.45, 7) is 8.61. The van der Waals surface area contributed by atoms with Crippen LogP contribution in [0.5, 0.6) is 0 Å². The second kappa shape index (κ2) is 3.73. The molecule has 1 aromatic carbocycles. The molecule has 0 heterocycles. The Morgan fingerprint density at radius 2 is 2.00 bits per heavy atom. The SMILES string of the molecule is C=C1CCCc2c(C)c(C)cc(NC)c21. The lowest BCUT2D eigenvalue weighted by Gasteiger charge is -2.24. The summed E-state index contributed by atoms with van der Waals surface area (Å²) >= 11 is 0. The summed E-state index contributed by atoms with van der Waals surface area (Å²) < 4.78 is 0. The Morgan fingerprint density at radius 3 is 2.67 bits per heavy atom. The van der Waals surface area contributed by atoms with Crippen LogP contribution in [-0.4, -0.2) is 7.05 Å². The van der Waals surface area contributed by atoms with Crippen molar-refractivity contribution in [3.8, 4) is 0 Å². The number of nitrogens with one attached hydrogen (secondary N) is 1. The lowest BCUT2D eigenvalue weighted by atomic mass is 9.83. The molecular weight excluding hydrogens is 182 g/mol. The number of fused-ring (bicyclic) bond motifs is 1. The molecule has 0 aliphatic heterocycles. The smallest absolute Gasteiger partial charge is 0.0419 e. The minimum absolute atomic E-state index is 1.14. The highest BCUT2D eigenvalue weighted by Gasteiger charge is 2.18. The van der Waals surface area contributed by atoms with Crippen LogP contribution in [0.15, 0.2) is 12.6 Å². The number of rotatable bonds is 1. The Balaban J connectivity index is 2.70. The molecule has 0 saturated carbocycles. The summed E-state index contributed by atoms with van der Waals surface area (Å²) in [5, 5.41) is 3.29. The van der Waals surface area contributed by atoms with Crippen molar-refractivity contribution in [1.82, 2.24) is 0 Å². The molecule has 1 heteroatoms. The predicted octanol–water partition coefficient (Wildman–Crippen LogP) is 3.69. The van der Waals surface area contributed by atoms with E-state index in [0.717, 1.165) is 6.42 Å². The van der Waals surface area contributed by atoms with Crippen molar-refractivity contribution >= 4 is 11.3 Å². The van der Waals surface area contributed by atoms with Crippen molar-refractivity contribution < 1.29 is 0 Å². The van der Waals surface area contributed by atoms with Gasteiger partial charge in [0.2, 0.25) is 0 Å². The second-order valence-corrected chi connectivity index (χ2v) is 4.43. The van der Waals surface area contributed by atoms with Crippen LogP contribution in [-0.2, 0) is 6.42 Å². The largest absolute Gasteiger partial charge is 0.388 e. The molecule has 0 aromatic heterocycles. The molecule has 0 radical (unpaired) electrons. The van der Waals surface area contributed by atoms with E-state index in [1.165, 1.54) is 46.4 Å². The van der Waals surface area contributed by atoms with E-state index in [4.69, 9.17) is 0 Å². The number of aryl methyl sites for hydroxylation is 1. The second-order valence-electron chi connectivity index (χ2n) is 4.43. The first-order valence-electron chi connectivity index (χ1n) is 5.64. The van der Waals surface area contributed by atoms with Gasteiger partial charge in [-0.15, -0.1) is 0 Å². The van der Waals surface area contributed by atoms with Gasteiger partial charge in [0.05, 0.1) is 0 Å². The molecule has 0 fully saturated rings. The van der Waals surface area contributed by atoms with Crippen molar-refractivity contribution in [2.75, 3.05) is 12.4 Å². The highest BCUT2D eigenvalue weighted by molar-refractivity contribution is 5.80. The first kappa shape index (κ1) is 10.3. The lowest BCUT2D eigenvalue weighted by molar-refractivity contribution is 0.816. The lowest BCUT2D eigenvalue weighted by Crippen LogP contribution is -2.08. The van der Waals surface area contributed by atoms with Gasteiger partial charge < -0.3 is 5.32 Å². The van der Waals surface area contributed by atoms with Gasteiger partial charge >= 0.3 is 0 Å². The monoisotopic (exact) mass is 201 g/mol. The van der Waals surface area contributed by atoms with Crippen molar-refractivity contribution in [3.05, 3.63) is 34.9 Å². The Bertz CT molecular complexity index is 416. The van der Waals surface area contributed by atoms with Crippen molar-refractivity contribution in [2.45, 2.75) is 33.1 Å². The number of allylic oxidation sites excluding steroid dienone is 1. The van der Waals surface area contributed by atoms with E-state index in [1.54, 1.807) is 0 Å². The first-order chi connectivity index (χ1) is 7.15. The Kier molecular flexibility index (Phi) is 2.56. The third-order valence-corrected chi connectivity index (χ3v) is 3.50. The van der Waals surface area contributed by atoms with E-state index in [1.807, 2.05) is 7.05 Å². The first-order valence-corrected chi connectivity index (χ1v) is 5.64. The van der Waals surface area contributed by atoms with Gasteiger partial charge in [0.25, 0.3) is 0 Å². The fraction of sp³-hybridized carbons (Fsp3) is 0.429. The van der Waals surface area contributed by atoms with Crippen LogP contribution in [0, 0.1) is 13.8 Å². The van der Waals surface area contributed by atoms with Gasteiger partial charge in [-0.2, -0.15) is 0 Å². The molecule has 1 aliphatic rings. The molecule has 0 unspecified atom stereocenters. The van der Waals surface area contributed by atoms with Crippen LogP contribution in [0.2, 0.25) is 0 Å². The van der Waals surface area contributed by atoms with E-state index in [0.29, 0.717) is 0 Å². The van der Waals surface area contributed by atoms with Gasteiger partial charge in [-0.25, -0.2) is 0 Å². The van der Waals surface area contributed by atoms with Gasteiger partial charge in [0.1, 0.15) is 0 Å². The standard InChI is InChI=1S/C14H19N/c1-9-6-5-7-12-11(3)10(2)8-13(15-4)14(9)12/h8,15H,1,5-7H2,2-4H3. The molecule has 1 aliphatic carbocycles. The molecule has 0 atom stereocenters. The zero-order chi connectivity index (χ0) is 11.0. The fourth-order valence-corrected chi connectivity index (χ4v) is 2.50. The quantitative estimate of drug-likeness (QED) is 0.730. The van der Waals surface area contributed by atoms with Crippen LogP contribution < -0.4 is 5.32 Å². The molecule has 1 aromatic rings. The Labute approximate surface area is 92.2 Å². The minimum Gasteiger partial charge on any atom is -0.388 e. The maximum absolute atomic E-state index is 4.19. The molecule has 2 rings (SSSR count). The number of benzene rings is 1. The van der Waals surface area contributed by atoms with Gasteiger partial charge in [-0.3, -0.25) is 0 Å². The molecule has 0 bridgehead atoms. The summed E-state index contributed by atoms with van der Waals surface area (Å²) in [5.41, 5.74) is 8.27. The maximum atomic E-state index is 4.19. The topological polar surface area (TPSA) is 12.0 Å². The average Bonchev–Trinajstić information content (AvgIpc) is 2.23. The Hall–Kier alpha value is -1.24. The molecular formula is C14H19N. The molecule has 0 saturated heterocycles. The predicted molar refractivity (Wildman–Crippen MR) is 67.4 cm³/mol. The van der Waals surface area contributed by atoms with E-state index in [9.17, 15) is 0 Å². The summed E-state index contributed by atoms with van der Waals surface area (Å²) in [4.78, 5) is 0. The number of anilines is 1. The van der Waals surface area contributed by atoms with Gasteiger partial charge in [-0.05, 0) is 61.4 Å². The molecule has 1 N–H and O–H groups in total. The van der Waals surface area contributed by atoms with E-state index >= 15 is 0 Å². The van der Waals surface area contributed by atoms with Gasteiger partial charge in [0, 0.05) is 18.3 Å². The molecule has 0 spiro atoms. The van der Waals surface area contributed by atoms with Crippen LogP contribution in [0.4, 0.5) is 5.69 Å². The average molecular weight is 201 g/mol. The van der Waals surface area contributed by atoms with Gasteiger partial charge in [-0.1, -0.05) is 6.58 Å². The van der Waals surface area contributed by atoms with E-state index in [2.05, 4.69) is 31.8 Å². The molecule has 1 nitrogen and oxygen atoms in total. The summed E-state index contributed by atoms with van der Waals surface area (Å²) in [5.74, 6) is 0. The number of hydrogen-bond acceptors (Lipinski definition) is 1. The third-order valence-electron chi connectivity index (χ3n) is 3.50. The van der Waals surface area contributed by atoms with Gasteiger partial charge in [0.15, 0.2) is 0 Å². The van der Waals surface area contributed by atoms with E-state index in [-0.39, 0.29) is 0 Å². The number of hydrogen-bond donors (Lipinski definition) is 1. The van der Waals surface area contributed by atoms with Crippen LogP contribution in [0.25, 0.3) is 5.57 Å². The minimum atomic E-state index is 1.14. The van der Waals surface area contributed by atoms with Crippen LogP contribution in [0.3, 0.4) is 0 Å². The molecule has 80 valence electrons. The van der Waals surface area contributed by atoms with E-state index < -0.39 is 0 Å².